The maximum Gasteiger partial charge on any atom is 0.251 e. The van der Waals surface area contributed by atoms with Crippen LogP contribution < -0.4 is 4.90 Å². The largest absolute Gasteiger partial charge is 0.314 e. The molecule has 1 aliphatic rings. The molecule has 2 unspecified atom stereocenters. The topological polar surface area (TPSA) is 53.0 Å². The predicted octanol–water partition coefficient (Wildman–Crippen LogP) is 2.88. The first-order valence-electron chi connectivity index (χ1n) is 7.00. The molecule has 0 bridgehead atoms. The Labute approximate surface area is 119 Å². The molecule has 0 aliphatic carbocycles. The first kappa shape index (κ1) is 14.5. The zero-order valence-electron chi connectivity index (χ0n) is 12.2. The third-order valence-electron chi connectivity index (χ3n) is 4.00. The standard InChI is InChI=1S/C15H21N3O2/c1-11-7-9-13(10-8-11)17(3)15(19)14-6-4-5-12(2)18(14)16-20/h7-10,12,14H,4-6H2,1-3H3. The van der Waals surface area contributed by atoms with Crippen molar-refractivity contribution in [3.8, 4) is 0 Å². The van der Waals surface area contributed by atoms with E-state index < -0.39 is 6.04 Å². The van der Waals surface area contributed by atoms with Crippen LogP contribution in [0.2, 0.25) is 0 Å². The molecule has 1 heterocycles. The quantitative estimate of drug-likeness (QED) is 0.797. The lowest BCUT2D eigenvalue weighted by molar-refractivity contribution is -0.126. The molecule has 5 heteroatoms. The zero-order valence-corrected chi connectivity index (χ0v) is 12.2. The summed E-state index contributed by atoms with van der Waals surface area (Å²) in [7, 11) is 1.75. The van der Waals surface area contributed by atoms with E-state index in [1.54, 1.807) is 11.9 Å². The van der Waals surface area contributed by atoms with Gasteiger partial charge in [-0.3, -0.25) is 4.79 Å². The summed E-state index contributed by atoms with van der Waals surface area (Å²) in [6.45, 7) is 3.94. The Morgan fingerprint density at radius 3 is 2.55 bits per heavy atom. The van der Waals surface area contributed by atoms with Crippen molar-refractivity contribution >= 4 is 11.6 Å². The third kappa shape index (κ3) is 2.81. The van der Waals surface area contributed by atoms with E-state index in [1.807, 2.05) is 38.1 Å². The second-order valence-electron chi connectivity index (χ2n) is 5.49. The number of nitrogens with zero attached hydrogens (tertiary/aromatic N) is 3. The maximum absolute atomic E-state index is 12.6. The summed E-state index contributed by atoms with van der Waals surface area (Å²) >= 11 is 0. The molecule has 1 aliphatic heterocycles. The second kappa shape index (κ2) is 6.03. The third-order valence-corrected chi connectivity index (χ3v) is 4.00. The van der Waals surface area contributed by atoms with Gasteiger partial charge >= 0.3 is 0 Å². The van der Waals surface area contributed by atoms with Gasteiger partial charge in [-0.25, -0.2) is 5.01 Å². The Hall–Kier alpha value is -1.91. The average molecular weight is 275 g/mol. The first-order valence-corrected chi connectivity index (χ1v) is 7.00. The molecule has 0 spiro atoms. The van der Waals surface area contributed by atoms with Crippen LogP contribution in [-0.4, -0.2) is 30.0 Å². The lowest BCUT2D eigenvalue weighted by Gasteiger charge is -2.36. The molecule has 1 aromatic carbocycles. The number of likely N-dealkylation sites (N-methyl/N-ethyl adjacent to an activating group) is 1. The summed E-state index contributed by atoms with van der Waals surface area (Å²) < 4.78 is 0. The van der Waals surface area contributed by atoms with Crippen molar-refractivity contribution in [2.24, 2.45) is 5.29 Å². The smallest absolute Gasteiger partial charge is 0.251 e. The molecule has 0 N–H and O–H groups in total. The van der Waals surface area contributed by atoms with Gasteiger partial charge in [-0.05, 0) is 45.2 Å². The van der Waals surface area contributed by atoms with Crippen molar-refractivity contribution < 1.29 is 4.79 Å². The SMILES string of the molecule is Cc1ccc(N(C)C(=O)C2CCCC(C)N2N=O)cc1. The van der Waals surface area contributed by atoms with Crippen LogP contribution in [0.3, 0.4) is 0 Å². The van der Waals surface area contributed by atoms with Crippen LogP contribution in [0.1, 0.15) is 31.7 Å². The number of anilines is 1. The molecular formula is C15H21N3O2. The van der Waals surface area contributed by atoms with Gasteiger partial charge in [0.25, 0.3) is 5.91 Å². The molecular weight excluding hydrogens is 254 g/mol. The lowest BCUT2D eigenvalue weighted by atomic mass is 9.97. The fourth-order valence-corrected chi connectivity index (χ4v) is 2.67. The van der Waals surface area contributed by atoms with Crippen LogP contribution in [0, 0.1) is 11.8 Å². The second-order valence-corrected chi connectivity index (χ2v) is 5.49. The molecule has 2 rings (SSSR count). The maximum atomic E-state index is 12.6. The van der Waals surface area contributed by atoms with Crippen LogP contribution in [-0.2, 0) is 4.79 Å². The van der Waals surface area contributed by atoms with Gasteiger partial charge < -0.3 is 4.90 Å². The van der Waals surface area contributed by atoms with Crippen molar-refractivity contribution in [2.45, 2.75) is 45.2 Å². The van der Waals surface area contributed by atoms with Gasteiger partial charge in [0.1, 0.15) is 6.04 Å². The molecule has 1 saturated heterocycles. The van der Waals surface area contributed by atoms with Crippen LogP contribution >= 0.6 is 0 Å². The number of piperidine rings is 1. The Bertz CT molecular complexity index is 486. The lowest BCUT2D eigenvalue weighted by Crippen LogP contribution is -2.50. The van der Waals surface area contributed by atoms with E-state index in [4.69, 9.17) is 0 Å². The summed E-state index contributed by atoms with van der Waals surface area (Å²) in [6, 6.07) is 7.36. The van der Waals surface area contributed by atoms with Crippen molar-refractivity contribution in [3.63, 3.8) is 0 Å². The highest BCUT2D eigenvalue weighted by atomic mass is 16.3. The van der Waals surface area contributed by atoms with Crippen LogP contribution in [0.25, 0.3) is 0 Å². The minimum absolute atomic E-state index is 0.0293. The van der Waals surface area contributed by atoms with Crippen molar-refractivity contribution in [1.82, 2.24) is 5.01 Å². The Kier molecular flexibility index (Phi) is 4.37. The highest BCUT2D eigenvalue weighted by Gasteiger charge is 2.35. The van der Waals surface area contributed by atoms with E-state index in [1.165, 1.54) is 5.01 Å². The number of hydrogen-bond acceptors (Lipinski definition) is 3. The fourth-order valence-electron chi connectivity index (χ4n) is 2.67. The number of aryl methyl sites for hydroxylation is 1. The molecule has 1 fully saturated rings. The van der Waals surface area contributed by atoms with E-state index in [-0.39, 0.29) is 11.9 Å². The number of benzene rings is 1. The average Bonchev–Trinajstić information content (AvgIpc) is 2.46. The zero-order chi connectivity index (χ0) is 14.7. The van der Waals surface area contributed by atoms with Crippen LogP contribution in [0.15, 0.2) is 29.6 Å². The summed E-state index contributed by atoms with van der Waals surface area (Å²) in [5.41, 5.74) is 1.99. The van der Waals surface area contributed by atoms with Gasteiger partial charge in [0.05, 0.1) is 5.29 Å². The highest BCUT2D eigenvalue weighted by Crippen LogP contribution is 2.25. The molecule has 0 aromatic heterocycles. The fraction of sp³-hybridized carbons (Fsp3) is 0.533. The molecule has 0 radical (unpaired) electrons. The van der Waals surface area contributed by atoms with E-state index >= 15 is 0 Å². The molecule has 108 valence electrons. The molecule has 20 heavy (non-hydrogen) atoms. The summed E-state index contributed by atoms with van der Waals surface area (Å²) in [4.78, 5) is 25.2. The number of rotatable bonds is 3. The van der Waals surface area contributed by atoms with E-state index in [0.29, 0.717) is 6.42 Å². The Balaban J connectivity index is 2.16. The number of nitroso groups, excluding NO2 is 1. The van der Waals surface area contributed by atoms with Crippen LogP contribution in [0.5, 0.6) is 0 Å². The normalized spacial score (nSPS) is 22.4. The minimum atomic E-state index is -0.442. The summed E-state index contributed by atoms with van der Waals surface area (Å²) in [5.74, 6) is -0.0694. The van der Waals surface area contributed by atoms with Gasteiger partial charge in [-0.2, -0.15) is 0 Å². The van der Waals surface area contributed by atoms with E-state index in [9.17, 15) is 9.70 Å². The predicted molar refractivity (Wildman–Crippen MR) is 79.3 cm³/mol. The molecule has 0 saturated carbocycles. The molecule has 1 amide bonds. The minimum Gasteiger partial charge on any atom is -0.314 e. The Morgan fingerprint density at radius 2 is 1.95 bits per heavy atom. The van der Waals surface area contributed by atoms with Crippen molar-refractivity contribution in [1.29, 1.82) is 0 Å². The monoisotopic (exact) mass is 275 g/mol. The number of carbonyl (C=O) groups excluding carboxylic acids is 1. The van der Waals surface area contributed by atoms with Crippen molar-refractivity contribution in [2.75, 3.05) is 11.9 Å². The molecule has 2 atom stereocenters. The molecule has 1 aromatic rings. The van der Waals surface area contributed by atoms with E-state index in [2.05, 4.69) is 5.29 Å². The van der Waals surface area contributed by atoms with Gasteiger partial charge in [0, 0.05) is 18.8 Å². The van der Waals surface area contributed by atoms with Crippen LogP contribution in [0.4, 0.5) is 5.69 Å². The van der Waals surface area contributed by atoms with Gasteiger partial charge in [-0.1, -0.05) is 17.7 Å². The molecule has 5 nitrogen and oxygen atoms in total. The van der Waals surface area contributed by atoms with Crippen molar-refractivity contribution in [3.05, 3.63) is 34.7 Å². The number of hydrogen-bond donors (Lipinski definition) is 0. The van der Waals surface area contributed by atoms with E-state index in [0.717, 1.165) is 24.1 Å². The first-order chi connectivity index (χ1) is 9.54. The number of carbonyl (C=O) groups is 1. The van der Waals surface area contributed by atoms with Gasteiger partial charge in [0.15, 0.2) is 0 Å². The van der Waals surface area contributed by atoms with Gasteiger partial charge in [-0.15, -0.1) is 4.91 Å². The summed E-state index contributed by atoms with van der Waals surface area (Å²) in [6.07, 6.45) is 2.54. The summed E-state index contributed by atoms with van der Waals surface area (Å²) in [5, 5.41) is 4.47. The van der Waals surface area contributed by atoms with Gasteiger partial charge in [0.2, 0.25) is 0 Å². The Morgan fingerprint density at radius 1 is 1.30 bits per heavy atom. The number of amides is 1. The highest BCUT2D eigenvalue weighted by molar-refractivity contribution is 5.96.